The minimum atomic E-state index is -0.215. The maximum atomic E-state index is 13.2. The Morgan fingerprint density at radius 3 is 2.75 bits per heavy atom. The summed E-state index contributed by atoms with van der Waals surface area (Å²) in [6.45, 7) is 0.571. The standard InChI is InChI=1S/C16H12FIN2/c17-14-5-3-4-12(8-14)10-20-11-13(9-19-20)15-6-1-2-7-16(15)18/h1-9,11H,10H2. The molecule has 0 radical (unpaired) electrons. The molecule has 1 aromatic heterocycles. The van der Waals surface area contributed by atoms with Crippen molar-refractivity contribution in [2.75, 3.05) is 0 Å². The number of aromatic nitrogens is 2. The number of hydrogen-bond acceptors (Lipinski definition) is 1. The topological polar surface area (TPSA) is 17.8 Å². The van der Waals surface area contributed by atoms with E-state index >= 15 is 0 Å². The van der Waals surface area contributed by atoms with Gasteiger partial charge in [-0.3, -0.25) is 4.68 Å². The van der Waals surface area contributed by atoms with E-state index in [1.54, 1.807) is 6.07 Å². The van der Waals surface area contributed by atoms with Crippen LogP contribution in [0.4, 0.5) is 4.39 Å². The summed E-state index contributed by atoms with van der Waals surface area (Å²) in [5.41, 5.74) is 3.15. The summed E-state index contributed by atoms with van der Waals surface area (Å²) in [7, 11) is 0. The van der Waals surface area contributed by atoms with Gasteiger partial charge in [-0.25, -0.2) is 4.39 Å². The lowest BCUT2D eigenvalue weighted by molar-refractivity contribution is 0.619. The third-order valence-corrected chi connectivity index (χ3v) is 3.99. The highest BCUT2D eigenvalue weighted by molar-refractivity contribution is 14.1. The van der Waals surface area contributed by atoms with Crippen LogP contribution in [0.3, 0.4) is 0 Å². The molecule has 0 aliphatic rings. The Balaban J connectivity index is 1.86. The molecule has 100 valence electrons. The van der Waals surface area contributed by atoms with Crippen molar-refractivity contribution in [3.8, 4) is 11.1 Å². The van der Waals surface area contributed by atoms with Gasteiger partial charge in [0.1, 0.15) is 5.82 Å². The van der Waals surface area contributed by atoms with Gasteiger partial charge in [0, 0.05) is 15.3 Å². The molecule has 0 bridgehead atoms. The van der Waals surface area contributed by atoms with E-state index in [0.717, 1.165) is 11.1 Å². The van der Waals surface area contributed by atoms with Gasteiger partial charge in [0.05, 0.1) is 12.7 Å². The van der Waals surface area contributed by atoms with Crippen LogP contribution in [-0.2, 0) is 6.54 Å². The zero-order chi connectivity index (χ0) is 13.9. The molecule has 0 saturated carbocycles. The SMILES string of the molecule is Fc1cccc(Cn2cc(-c3ccccc3I)cn2)c1. The van der Waals surface area contributed by atoms with Crippen LogP contribution in [0.2, 0.25) is 0 Å². The van der Waals surface area contributed by atoms with Crippen LogP contribution < -0.4 is 0 Å². The average molecular weight is 378 g/mol. The zero-order valence-electron chi connectivity index (χ0n) is 10.6. The first-order valence-corrected chi connectivity index (χ1v) is 7.32. The Hall–Kier alpha value is -1.69. The van der Waals surface area contributed by atoms with Crippen LogP contribution in [0.1, 0.15) is 5.56 Å². The maximum absolute atomic E-state index is 13.2. The highest BCUT2D eigenvalue weighted by Crippen LogP contribution is 2.24. The lowest BCUT2D eigenvalue weighted by atomic mass is 10.1. The van der Waals surface area contributed by atoms with Crippen molar-refractivity contribution >= 4 is 22.6 Å². The summed E-state index contributed by atoms with van der Waals surface area (Å²) in [4.78, 5) is 0. The number of nitrogens with zero attached hydrogens (tertiary/aromatic N) is 2. The monoisotopic (exact) mass is 378 g/mol. The number of rotatable bonds is 3. The van der Waals surface area contributed by atoms with Gasteiger partial charge in [0.15, 0.2) is 0 Å². The molecular weight excluding hydrogens is 366 g/mol. The van der Waals surface area contributed by atoms with E-state index in [4.69, 9.17) is 0 Å². The third-order valence-electron chi connectivity index (χ3n) is 3.05. The van der Waals surface area contributed by atoms with Gasteiger partial charge < -0.3 is 0 Å². The molecule has 20 heavy (non-hydrogen) atoms. The summed E-state index contributed by atoms with van der Waals surface area (Å²) in [5.74, 6) is -0.215. The average Bonchev–Trinajstić information content (AvgIpc) is 2.87. The van der Waals surface area contributed by atoms with E-state index in [1.807, 2.05) is 35.3 Å². The Bertz CT molecular complexity index is 737. The van der Waals surface area contributed by atoms with Crippen LogP contribution in [0, 0.1) is 9.39 Å². The highest BCUT2D eigenvalue weighted by Gasteiger charge is 2.05. The first-order valence-electron chi connectivity index (χ1n) is 6.24. The van der Waals surface area contributed by atoms with Crippen LogP contribution >= 0.6 is 22.6 Å². The second-order valence-corrected chi connectivity index (χ2v) is 5.70. The molecule has 2 nitrogen and oxygen atoms in total. The lowest BCUT2D eigenvalue weighted by Crippen LogP contribution is -1.99. The molecule has 0 saturated heterocycles. The minimum Gasteiger partial charge on any atom is -0.268 e. The lowest BCUT2D eigenvalue weighted by Gasteiger charge is -2.02. The van der Waals surface area contributed by atoms with E-state index in [9.17, 15) is 4.39 Å². The minimum absolute atomic E-state index is 0.215. The van der Waals surface area contributed by atoms with Gasteiger partial charge in [-0.15, -0.1) is 0 Å². The van der Waals surface area contributed by atoms with Crippen LogP contribution in [0.5, 0.6) is 0 Å². The first-order chi connectivity index (χ1) is 9.72. The van der Waals surface area contributed by atoms with Crippen molar-refractivity contribution in [1.82, 2.24) is 9.78 Å². The second kappa shape index (κ2) is 5.75. The molecule has 3 aromatic rings. The van der Waals surface area contributed by atoms with E-state index < -0.39 is 0 Å². The fourth-order valence-corrected chi connectivity index (χ4v) is 2.81. The van der Waals surface area contributed by atoms with Gasteiger partial charge in [-0.1, -0.05) is 30.3 Å². The number of benzene rings is 2. The Morgan fingerprint density at radius 1 is 1.10 bits per heavy atom. The van der Waals surface area contributed by atoms with Crippen molar-refractivity contribution in [1.29, 1.82) is 0 Å². The van der Waals surface area contributed by atoms with E-state index in [0.29, 0.717) is 6.54 Å². The predicted octanol–water partition coefficient (Wildman–Crippen LogP) is 4.34. The summed E-state index contributed by atoms with van der Waals surface area (Å²) in [5, 5.41) is 4.35. The number of halogens is 2. The quantitative estimate of drug-likeness (QED) is 0.620. The molecule has 0 unspecified atom stereocenters. The number of hydrogen-bond donors (Lipinski definition) is 0. The molecule has 2 aromatic carbocycles. The maximum Gasteiger partial charge on any atom is 0.123 e. The molecule has 0 amide bonds. The molecule has 0 fully saturated rings. The Kier molecular flexibility index (Phi) is 3.82. The third kappa shape index (κ3) is 2.90. The summed E-state index contributed by atoms with van der Waals surface area (Å²) in [6, 6.07) is 14.8. The van der Waals surface area contributed by atoms with E-state index in [2.05, 4.69) is 39.8 Å². The normalized spacial score (nSPS) is 10.7. The van der Waals surface area contributed by atoms with Crippen LogP contribution in [0.25, 0.3) is 11.1 Å². The van der Waals surface area contributed by atoms with Crippen LogP contribution in [-0.4, -0.2) is 9.78 Å². The molecule has 0 aliphatic carbocycles. The van der Waals surface area contributed by atoms with Gasteiger partial charge >= 0.3 is 0 Å². The summed E-state index contributed by atoms with van der Waals surface area (Å²) in [6.07, 6.45) is 3.83. The highest BCUT2D eigenvalue weighted by atomic mass is 127. The fraction of sp³-hybridized carbons (Fsp3) is 0.0625. The van der Waals surface area contributed by atoms with Gasteiger partial charge in [0.2, 0.25) is 0 Å². The zero-order valence-corrected chi connectivity index (χ0v) is 12.8. The summed E-state index contributed by atoms with van der Waals surface area (Å²) >= 11 is 2.31. The Labute approximate surface area is 130 Å². The van der Waals surface area contributed by atoms with Crippen molar-refractivity contribution in [2.45, 2.75) is 6.54 Å². The molecule has 0 atom stereocenters. The van der Waals surface area contributed by atoms with E-state index in [-0.39, 0.29) is 5.82 Å². The van der Waals surface area contributed by atoms with Gasteiger partial charge in [-0.2, -0.15) is 5.10 Å². The first kappa shape index (κ1) is 13.3. The molecule has 0 N–H and O–H groups in total. The molecule has 3 rings (SSSR count). The largest absolute Gasteiger partial charge is 0.268 e. The molecule has 0 spiro atoms. The second-order valence-electron chi connectivity index (χ2n) is 4.54. The molecular formula is C16H12FIN2. The van der Waals surface area contributed by atoms with Crippen molar-refractivity contribution in [3.05, 3.63) is 75.9 Å². The van der Waals surface area contributed by atoms with Crippen molar-refractivity contribution < 1.29 is 4.39 Å². The van der Waals surface area contributed by atoms with Crippen molar-refractivity contribution in [3.63, 3.8) is 0 Å². The van der Waals surface area contributed by atoms with Crippen molar-refractivity contribution in [2.24, 2.45) is 0 Å². The predicted molar refractivity (Wildman–Crippen MR) is 85.9 cm³/mol. The summed E-state index contributed by atoms with van der Waals surface area (Å²) < 4.78 is 16.2. The molecule has 4 heteroatoms. The fourth-order valence-electron chi connectivity index (χ4n) is 2.11. The van der Waals surface area contributed by atoms with Gasteiger partial charge in [0.25, 0.3) is 0 Å². The van der Waals surface area contributed by atoms with Crippen LogP contribution in [0.15, 0.2) is 60.9 Å². The smallest absolute Gasteiger partial charge is 0.123 e. The Morgan fingerprint density at radius 2 is 1.95 bits per heavy atom. The van der Waals surface area contributed by atoms with Gasteiger partial charge in [-0.05, 0) is 51.9 Å². The molecule has 1 heterocycles. The van der Waals surface area contributed by atoms with E-state index in [1.165, 1.54) is 21.3 Å². The molecule has 0 aliphatic heterocycles.